The van der Waals surface area contributed by atoms with Gasteiger partial charge in [-0.25, -0.2) is 0 Å². The monoisotopic (exact) mass is 520 g/mol. The molecule has 0 saturated heterocycles. The molecule has 1 aliphatic carbocycles. The SMILES string of the molecule is Cc1cc(OCC(=O)N(Cc2ccccc2Cl)[C@@H](C)C(=O)NC2CCCCC2)ccc1Br. The second-order valence-electron chi connectivity index (χ2n) is 8.33. The molecule has 5 nitrogen and oxygen atoms in total. The molecule has 32 heavy (non-hydrogen) atoms. The van der Waals surface area contributed by atoms with Crippen molar-refractivity contribution in [3.05, 3.63) is 63.1 Å². The van der Waals surface area contributed by atoms with Crippen molar-refractivity contribution in [2.24, 2.45) is 0 Å². The van der Waals surface area contributed by atoms with E-state index in [4.69, 9.17) is 16.3 Å². The van der Waals surface area contributed by atoms with Gasteiger partial charge in [0.1, 0.15) is 11.8 Å². The van der Waals surface area contributed by atoms with Crippen LogP contribution in [0, 0.1) is 6.92 Å². The summed E-state index contributed by atoms with van der Waals surface area (Å²) < 4.78 is 6.73. The van der Waals surface area contributed by atoms with Crippen LogP contribution in [0.3, 0.4) is 0 Å². The molecular formula is C25H30BrClN2O3. The Kier molecular flexibility index (Phi) is 9.00. The maximum atomic E-state index is 13.2. The lowest BCUT2D eigenvalue weighted by Gasteiger charge is -2.31. The summed E-state index contributed by atoms with van der Waals surface area (Å²) in [5, 5.41) is 3.69. The minimum atomic E-state index is -0.643. The van der Waals surface area contributed by atoms with E-state index in [0.717, 1.165) is 41.3 Å². The van der Waals surface area contributed by atoms with Gasteiger partial charge < -0.3 is 15.0 Å². The molecule has 0 bridgehead atoms. The van der Waals surface area contributed by atoms with Crippen LogP contribution in [0.25, 0.3) is 0 Å². The van der Waals surface area contributed by atoms with E-state index in [-0.39, 0.29) is 31.0 Å². The summed E-state index contributed by atoms with van der Waals surface area (Å²) in [6.45, 7) is 3.80. The first-order valence-corrected chi connectivity index (χ1v) is 12.2. The van der Waals surface area contributed by atoms with E-state index in [9.17, 15) is 9.59 Å². The molecule has 0 aromatic heterocycles. The summed E-state index contributed by atoms with van der Waals surface area (Å²) in [7, 11) is 0. The smallest absolute Gasteiger partial charge is 0.261 e. The minimum absolute atomic E-state index is 0.142. The third-order valence-electron chi connectivity index (χ3n) is 5.91. The van der Waals surface area contributed by atoms with Crippen LogP contribution >= 0.6 is 27.5 Å². The quantitative estimate of drug-likeness (QED) is 0.488. The van der Waals surface area contributed by atoms with Gasteiger partial charge in [0, 0.05) is 22.1 Å². The van der Waals surface area contributed by atoms with Gasteiger partial charge in [0.25, 0.3) is 5.91 Å². The van der Waals surface area contributed by atoms with Gasteiger partial charge in [0.05, 0.1) is 0 Å². The molecule has 1 N–H and O–H groups in total. The number of nitrogens with one attached hydrogen (secondary N) is 1. The summed E-state index contributed by atoms with van der Waals surface area (Å²) in [5.74, 6) is 0.199. The summed E-state index contributed by atoms with van der Waals surface area (Å²) in [6, 6.07) is 12.5. The largest absolute Gasteiger partial charge is 0.484 e. The van der Waals surface area contributed by atoms with Crippen LogP contribution in [0.5, 0.6) is 5.75 Å². The van der Waals surface area contributed by atoms with Crippen molar-refractivity contribution in [3.8, 4) is 5.75 Å². The molecule has 7 heteroatoms. The zero-order valence-electron chi connectivity index (χ0n) is 18.6. The van der Waals surface area contributed by atoms with Gasteiger partial charge in [0.15, 0.2) is 6.61 Å². The van der Waals surface area contributed by atoms with Crippen molar-refractivity contribution in [2.45, 2.75) is 64.6 Å². The summed E-state index contributed by atoms with van der Waals surface area (Å²) in [5.41, 5.74) is 1.81. The summed E-state index contributed by atoms with van der Waals surface area (Å²) in [4.78, 5) is 27.7. The molecule has 2 amide bonds. The predicted octanol–water partition coefficient (Wildman–Crippen LogP) is 5.66. The van der Waals surface area contributed by atoms with E-state index in [2.05, 4.69) is 21.2 Å². The van der Waals surface area contributed by atoms with Crippen LogP contribution in [0.2, 0.25) is 5.02 Å². The fourth-order valence-corrected chi connectivity index (χ4v) is 4.34. The zero-order chi connectivity index (χ0) is 23.1. The molecule has 2 aromatic rings. The number of hydrogen-bond acceptors (Lipinski definition) is 3. The van der Waals surface area contributed by atoms with E-state index in [1.165, 1.54) is 6.42 Å². The van der Waals surface area contributed by atoms with E-state index in [0.29, 0.717) is 10.8 Å². The van der Waals surface area contributed by atoms with Gasteiger partial charge in [-0.1, -0.05) is 65.0 Å². The topological polar surface area (TPSA) is 58.6 Å². The lowest BCUT2D eigenvalue weighted by atomic mass is 9.95. The first kappa shape index (κ1) is 24.6. The molecule has 0 aliphatic heterocycles. The summed E-state index contributed by atoms with van der Waals surface area (Å²) in [6.07, 6.45) is 5.45. The molecule has 1 aliphatic rings. The lowest BCUT2D eigenvalue weighted by molar-refractivity contribution is -0.142. The first-order chi connectivity index (χ1) is 15.3. The highest BCUT2D eigenvalue weighted by Crippen LogP contribution is 2.23. The van der Waals surface area contributed by atoms with Crippen molar-refractivity contribution in [1.82, 2.24) is 10.2 Å². The number of carbonyl (C=O) groups is 2. The van der Waals surface area contributed by atoms with Gasteiger partial charge in [-0.3, -0.25) is 9.59 Å². The van der Waals surface area contributed by atoms with E-state index < -0.39 is 6.04 Å². The Morgan fingerprint density at radius 1 is 1.19 bits per heavy atom. The molecule has 0 radical (unpaired) electrons. The zero-order valence-corrected chi connectivity index (χ0v) is 20.9. The van der Waals surface area contributed by atoms with E-state index in [1.54, 1.807) is 17.9 Å². The van der Waals surface area contributed by atoms with E-state index in [1.807, 2.05) is 43.3 Å². The number of carbonyl (C=O) groups excluding carboxylic acids is 2. The highest BCUT2D eigenvalue weighted by molar-refractivity contribution is 9.10. The second-order valence-corrected chi connectivity index (χ2v) is 9.59. The molecule has 0 spiro atoms. The number of hydrogen-bond donors (Lipinski definition) is 1. The Bertz CT molecular complexity index is 947. The molecule has 172 valence electrons. The third-order valence-corrected chi connectivity index (χ3v) is 7.17. The fourth-order valence-electron chi connectivity index (χ4n) is 3.90. The number of halogens is 2. The van der Waals surface area contributed by atoms with E-state index >= 15 is 0 Å². The van der Waals surface area contributed by atoms with Crippen LogP contribution in [-0.4, -0.2) is 35.4 Å². The van der Waals surface area contributed by atoms with Crippen molar-refractivity contribution in [3.63, 3.8) is 0 Å². The van der Waals surface area contributed by atoms with Crippen LogP contribution in [-0.2, 0) is 16.1 Å². The number of aryl methyl sites for hydroxylation is 1. The molecule has 1 saturated carbocycles. The average molecular weight is 522 g/mol. The number of amides is 2. The molecule has 0 heterocycles. The molecule has 1 fully saturated rings. The van der Waals surface area contributed by atoms with Gasteiger partial charge >= 0.3 is 0 Å². The maximum Gasteiger partial charge on any atom is 0.261 e. The predicted molar refractivity (Wildman–Crippen MR) is 131 cm³/mol. The second kappa shape index (κ2) is 11.7. The normalized spacial score (nSPS) is 15.1. The van der Waals surface area contributed by atoms with Crippen LogP contribution < -0.4 is 10.1 Å². The van der Waals surface area contributed by atoms with Crippen molar-refractivity contribution in [2.75, 3.05) is 6.61 Å². The molecule has 3 rings (SSSR count). The molecule has 1 atom stereocenters. The van der Waals surface area contributed by atoms with Crippen LogP contribution in [0.1, 0.15) is 50.2 Å². The molecular weight excluding hydrogens is 492 g/mol. The van der Waals surface area contributed by atoms with Crippen molar-refractivity contribution >= 4 is 39.3 Å². The van der Waals surface area contributed by atoms with Crippen molar-refractivity contribution < 1.29 is 14.3 Å². The highest BCUT2D eigenvalue weighted by atomic mass is 79.9. The standard InChI is InChI=1S/C25H30BrClN2O3/c1-17-14-21(12-13-22(17)26)32-16-24(30)29(15-19-8-6-7-11-23(19)27)18(2)25(31)28-20-9-4-3-5-10-20/h6-8,11-14,18,20H,3-5,9-10,15-16H2,1-2H3,(H,28,31)/t18-/m0/s1. The van der Waals surface area contributed by atoms with Gasteiger partial charge in [0.2, 0.25) is 5.91 Å². The van der Waals surface area contributed by atoms with Crippen LogP contribution in [0.15, 0.2) is 46.9 Å². The first-order valence-electron chi connectivity index (χ1n) is 11.1. The van der Waals surface area contributed by atoms with Gasteiger partial charge in [-0.05, 0) is 62.1 Å². The highest BCUT2D eigenvalue weighted by Gasteiger charge is 2.28. The Labute approximate surface area is 203 Å². The number of nitrogens with zero attached hydrogens (tertiary/aromatic N) is 1. The van der Waals surface area contributed by atoms with Gasteiger partial charge in [-0.2, -0.15) is 0 Å². The molecule has 2 aromatic carbocycles. The Morgan fingerprint density at radius 2 is 1.91 bits per heavy atom. The molecule has 0 unspecified atom stereocenters. The number of benzene rings is 2. The van der Waals surface area contributed by atoms with Crippen molar-refractivity contribution in [1.29, 1.82) is 0 Å². The Balaban J connectivity index is 1.72. The fraction of sp³-hybridized carbons (Fsp3) is 0.440. The average Bonchev–Trinajstić information content (AvgIpc) is 2.79. The Hall–Kier alpha value is -2.05. The van der Waals surface area contributed by atoms with Crippen LogP contribution in [0.4, 0.5) is 0 Å². The van der Waals surface area contributed by atoms with Gasteiger partial charge in [-0.15, -0.1) is 0 Å². The maximum absolute atomic E-state index is 13.2. The number of ether oxygens (including phenoxy) is 1. The lowest BCUT2D eigenvalue weighted by Crippen LogP contribution is -2.51. The minimum Gasteiger partial charge on any atom is -0.484 e. The number of rotatable bonds is 8. The summed E-state index contributed by atoms with van der Waals surface area (Å²) >= 11 is 9.81. The Morgan fingerprint density at radius 3 is 2.59 bits per heavy atom. The third kappa shape index (κ3) is 6.72.